The molecule has 0 fully saturated rings. The van der Waals surface area contributed by atoms with Gasteiger partial charge in [-0.2, -0.15) is 4.55 Å². The zero-order valence-corrected chi connectivity index (χ0v) is 23.2. The maximum Gasteiger partial charge on any atom is 0.316 e. The van der Waals surface area contributed by atoms with Crippen LogP contribution in [0.4, 0.5) is 5.69 Å². The number of benzene rings is 2. The van der Waals surface area contributed by atoms with Crippen LogP contribution in [0.5, 0.6) is 5.75 Å². The molecular weight excluding hydrogens is 510 g/mol. The summed E-state index contributed by atoms with van der Waals surface area (Å²) < 4.78 is 38.6. The van der Waals surface area contributed by atoms with Crippen molar-refractivity contribution in [2.75, 3.05) is 36.2 Å². The average Bonchev–Trinajstić information content (AvgIpc) is 2.81. The molecule has 2 aromatic carbocycles. The van der Waals surface area contributed by atoms with Crippen LogP contribution in [0, 0.1) is 13.8 Å². The maximum absolute atomic E-state index is 12.0. The number of nitrogens with one attached hydrogen (secondary N) is 1. The first-order chi connectivity index (χ1) is 17.5. The summed E-state index contributed by atoms with van der Waals surface area (Å²) in [4.78, 5) is 11.3. The predicted octanol–water partition coefficient (Wildman–Crippen LogP) is 5.34. The van der Waals surface area contributed by atoms with Gasteiger partial charge in [-0.05, 0) is 85.4 Å². The Bertz CT molecular complexity index is 1210. The summed E-state index contributed by atoms with van der Waals surface area (Å²) in [6, 6.07) is 11.1. The smallest absolute Gasteiger partial charge is 0.316 e. The van der Waals surface area contributed by atoms with E-state index in [9.17, 15) is 17.8 Å². The number of allylic oxidation sites excluding steroid dienone is 3. The van der Waals surface area contributed by atoms with Crippen LogP contribution < -0.4 is 10.1 Å². The quantitative estimate of drug-likeness (QED) is 0.230. The summed E-state index contributed by atoms with van der Waals surface area (Å²) in [5, 5.41) is 12.2. The van der Waals surface area contributed by atoms with Crippen LogP contribution in [0.2, 0.25) is 0 Å². The largest absolute Gasteiger partial charge is 0.493 e. The van der Waals surface area contributed by atoms with Crippen molar-refractivity contribution in [3.8, 4) is 5.75 Å². The van der Waals surface area contributed by atoms with Gasteiger partial charge in [0, 0.05) is 29.5 Å². The van der Waals surface area contributed by atoms with E-state index in [-0.39, 0.29) is 11.7 Å². The Morgan fingerprint density at radius 2 is 1.86 bits per heavy atom. The number of hydrogen-bond donors (Lipinski definition) is 3. The standard InChI is InChI=1S/C28H35NO6S2/c1-20-16-25(35-14-5-15-37(3,33)34)17-21(2)28(20)23-7-4-6-22(18-23)12-13-29-24-8-10-26(11-9-24)36(32)19-27(30)31/h4,6,8-11,16-18,23,29H,5,7,12-15,19H2,1-3H3,(H-,30,31,33,34)/p+1. The van der Waals surface area contributed by atoms with E-state index in [4.69, 9.17) is 9.84 Å². The fourth-order valence-corrected chi connectivity index (χ4v) is 5.99. The van der Waals surface area contributed by atoms with Crippen molar-refractivity contribution >= 4 is 32.7 Å². The van der Waals surface area contributed by atoms with Crippen LogP contribution in [0.15, 0.2) is 65.1 Å². The normalized spacial score (nSPS) is 17.5. The second-order valence-corrected chi connectivity index (χ2v) is 13.2. The topological polar surface area (TPSA) is 113 Å². The average molecular weight is 547 g/mol. The lowest BCUT2D eigenvalue weighted by atomic mass is 9.84. The first kappa shape index (κ1) is 28.8. The van der Waals surface area contributed by atoms with E-state index in [0.717, 1.165) is 30.8 Å². The number of hydrogen-bond acceptors (Lipinski definition) is 5. The van der Waals surface area contributed by atoms with Crippen LogP contribution in [0.25, 0.3) is 0 Å². The van der Waals surface area contributed by atoms with Gasteiger partial charge in [0.15, 0.2) is 0 Å². The van der Waals surface area contributed by atoms with Crippen molar-refractivity contribution in [3.63, 3.8) is 0 Å². The predicted molar refractivity (Wildman–Crippen MR) is 151 cm³/mol. The van der Waals surface area contributed by atoms with Crippen LogP contribution in [-0.4, -0.2) is 50.8 Å². The number of aliphatic carboxylic acids is 1. The van der Waals surface area contributed by atoms with E-state index in [1.165, 1.54) is 28.5 Å². The lowest BCUT2D eigenvalue weighted by Gasteiger charge is -2.22. The van der Waals surface area contributed by atoms with Gasteiger partial charge in [-0.1, -0.05) is 22.4 Å². The van der Waals surface area contributed by atoms with E-state index in [2.05, 4.69) is 37.4 Å². The summed E-state index contributed by atoms with van der Waals surface area (Å²) >= 11 is 0. The van der Waals surface area contributed by atoms with E-state index in [1.54, 1.807) is 12.1 Å². The molecule has 0 saturated carbocycles. The molecule has 3 N–H and O–H groups in total. The Morgan fingerprint density at radius 3 is 2.49 bits per heavy atom. The lowest BCUT2D eigenvalue weighted by molar-refractivity contribution is -0.133. The summed E-state index contributed by atoms with van der Waals surface area (Å²) in [6.07, 6.45) is 10.4. The van der Waals surface area contributed by atoms with Gasteiger partial charge in [-0.25, -0.2) is 0 Å². The Balaban J connectivity index is 1.56. The third-order valence-electron chi connectivity index (χ3n) is 6.13. The molecule has 0 bridgehead atoms. The third-order valence-corrected chi connectivity index (χ3v) is 8.48. The minimum absolute atomic E-state index is 0.235. The highest BCUT2D eigenvalue weighted by molar-refractivity contribution is 7.97. The second-order valence-electron chi connectivity index (χ2n) is 9.41. The number of aryl methyl sites for hydroxylation is 2. The molecule has 0 aromatic heterocycles. The van der Waals surface area contributed by atoms with Gasteiger partial charge >= 0.3 is 5.97 Å². The number of anilines is 1. The summed E-state index contributed by atoms with van der Waals surface area (Å²) in [5.41, 5.74) is 5.81. The van der Waals surface area contributed by atoms with Crippen LogP contribution in [0.1, 0.15) is 41.9 Å². The Labute approximate surface area is 222 Å². The maximum atomic E-state index is 12.0. The molecule has 1 aliphatic rings. The number of carboxylic acids is 1. The second kappa shape index (κ2) is 13.2. The molecule has 0 aliphatic heterocycles. The van der Waals surface area contributed by atoms with Gasteiger partial charge in [0.1, 0.15) is 23.5 Å². The van der Waals surface area contributed by atoms with Crippen molar-refractivity contribution in [1.82, 2.24) is 0 Å². The summed E-state index contributed by atoms with van der Waals surface area (Å²) in [5.74, 6) is -0.157. The highest BCUT2D eigenvalue weighted by Gasteiger charge is 2.18. The van der Waals surface area contributed by atoms with Crippen molar-refractivity contribution in [1.29, 1.82) is 0 Å². The van der Waals surface area contributed by atoms with Crippen molar-refractivity contribution in [2.45, 2.75) is 43.9 Å². The SMILES string of the molecule is Cc1cc(OCCC[S+](C)(=O)O)cc(C)c1C1C=C(CCNc2ccc(S(=O)CC(=O)O)cc2)C=CC1. The fraction of sp³-hybridized carbons (Fsp3) is 0.393. The van der Waals surface area contributed by atoms with Crippen LogP contribution in [-0.2, 0) is 30.0 Å². The molecule has 0 saturated heterocycles. The summed E-state index contributed by atoms with van der Waals surface area (Å²) in [6.45, 7) is 5.35. The van der Waals surface area contributed by atoms with E-state index >= 15 is 0 Å². The highest BCUT2D eigenvalue weighted by Crippen LogP contribution is 2.34. The molecule has 2 aromatic rings. The van der Waals surface area contributed by atoms with Crippen molar-refractivity contribution in [3.05, 3.63) is 76.9 Å². The van der Waals surface area contributed by atoms with E-state index < -0.39 is 32.7 Å². The first-order valence-electron chi connectivity index (χ1n) is 12.3. The molecule has 0 heterocycles. The molecule has 1 aliphatic carbocycles. The molecule has 200 valence electrons. The number of rotatable bonds is 13. The van der Waals surface area contributed by atoms with Gasteiger partial charge in [0.2, 0.25) is 10.2 Å². The Hall–Kier alpha value is -2.75. The van der Waals surface area contributed by atoms with Gasteiger partial charge in [-0.15, -0.1) is 0 Å². The number of carboxylic acid groups (broad SMARTS) is 1. The molecule has 7 nitrogen and oxygen atoms in total. The number of carbonyl (C=O) groups is 1. The Kier molecular flexibility index (Phi) is 10.3. The number of ether oxygens (including phenoxy) is 1. The first-order valence-corrected chi connectivity index (χ1v) is 15.7. The molecule has 3 rings (SSSR count). The zero-order chi connectivity index (χ0) is 27.0. The van der Waals surface area contributed by atoms with Crippen LogP contribution >= 0.6 is 0 Å². The third kappa shape index (κ3) is 9.25. The molecule has 9 heteroatoms. The molecular formula is C28H36NO6S2+. The van der Waals surface area contributed by atoms with E-state index in [1.807, 2.05) is 24.3 Å². The minimum Gasteiger partial charge on any atom is -0.493 e. The van der Waals surface area contributed by atoms with Crippen LogP contribution in [0.3, 0.4) is 0 Å². The molecule has 3 atom stereocenters. The van der Waals surface area contributed by atoms with Gasteiger partial charge < -0.3 is 15.2 Å². The lowest BCUT2D eigenvalue weighted by Crippen LogP contribution is -2.14. The van der Waals surface area contributed by atoms with Gasteiger partial charge in [-0.3, -0.25) is 9.00 Å². The molecule has 0 spiro atoms. The zero-order valence-electron chi connectivity index (χ0n) is 21.6. The van der Waals surface area contributed by atoms with E-state index in [0.29, 0.717) is 17.9 Å². The molecule has 3 unspecified atom stereocenters. The van der Waals surface area contributed by atoms with Gasteiger partial charge in [0.05, 0.1) is 17.4 Å². The molecule has 0 radical (unpaired) electrons. The highest BCUT2D eigenvalue weighted by atomic mass is 32.3. The van der Waals surface area contributed by atoms with Crippen molar-refractivity contribution < 1.29 is 27.6 Å². The van der Waals surface area contributed by atoms with Crippen molar-refractivity contribution in [2.24, 2.45) is 0 Å². The monoisotopic (exact) mass is 546 g/mol. The molecule has 37 heavy (non-hydrogen) atoms. The van der Waals surface area contributed by atoms with Gasteiger partial charge in [0.25, 0.3) is 0 Å². The fourth-order valence-electron chi connectivity index (χ4n) is 4.51. The molecule has 0 amide bonds. The summed E-state index contributed by atoms with van der Waals surface area (Å²) in [7, 11) is -4.27. The minimum atomic E-state index is -2.73. The Morgan fingerprint density at radius 1 is 1.19 bits per heavy atom.